The highest BCUT2D eigenvalue weighted by molar-refractivity contribution is 7.80. The van der Waals surface area contributed by atoms with Crippen molar-refractivity contribution in [3.8, 4) is 5.75 Å². The number of amides is 7. The third kappa shape index (κ3) is 18.8. The molecule has 3 aromatic carbocycles. The van der Waals surface area contributed by atoms with Crippen LogP contribution in [-0.4, -0.2) is 124 Å². The van der Waals surface area contributed by atoms with Gasteiger partial charge in [-0.05, 0) is 67.5 Å². The second-order valence-electron chi connectivity index (χ2n) is 16.6. The number of carboxylic acid groups (broad SMARTS) is 1. The number of unbranched alkanes of at least 4 members (excludes halogenated alkanes) is 1. The molecule has 0 aliphatic heterocycles. The Labute approximate surface area is 407 Å². The summed E-state index contributed by atoms with van der Waals surface area (Å²) < 4.78 is 0. The normalized spacial score (nSPS) is 14.6. The number of nitrogens with two attached hydrogens (primary N) is 2. The fourth-order valence-electron chi connectivity index (χ4n) is 6.78. The number of rotatable bonds is 28. The number of thiol groups is 2. The average molecular weight is 980 g/mol. The lowest BCUT2D eigenvalue weighted by Crippen LogP contribution is -2.61. The highest BCUT2D eigenvalue weighted by Crippen LogP contribution is 2.14. The molecule has 0 saturated carbocycles. The van der Waals surface area contributed by atoms with Crippen molar-refractivity contribution in [1.82, 2.24) is 37.2 Å². The Morgan fingerprint density at radius 1 is 0.500 bits per heavy atom. The van der Waals surface area contributed by atoms with Crippen LogP contribution in [0, 0.1) is 5.92 Å². The third-order valence-electron chi connectivity index (χ3n) is 10.7. The minimum absolute atomic E-state index is 0.0131. The van der Waals surface area contributed by atoms with E-state index < -0.39 is 102 Å². The molecular formula is C47H65N9O10S2. The van der Waals surface area contributed by atoms with Gasteiger partial charge in [0.25, 0.3) is 0 Å². The third-order valence-corrected chi connectivity index (χ3v) is 11.4. The number of phenols is 1. The number of carbonyl (C=O) groups excluding carboxylic acids is 7. The van der Waals surface area contributed by atoms with Crippen LogP contribution >= 0.6 is 25.3 Å². The molecule has 0 heterocycles. The fraction of sp³-hybridized carbons (Fsp3) is 0.447. The second-order valence-corrected chi connectivity index (χ2v) is 17.4. The van der Waals surface area contributed by atoms with Crippen molar-refractivity contribution in [2.75, 3.05) is 18.1 Å². The molecule has 0 aromatic heterocycles. The molecule has 0 unspecified atom stereocenters. The summed E-state index contributed by atoms with van der Waals surface area (Å²) >= 11 is 8.44. The minimum Gasteiger partial charge on any atom is -0.508 e. The van der Waals surface area contributed by atoms with Gasteiger partial charge in [-0.25, -0.2) is 4.79 Å². The summed E-state index contributed by atoms with van der Waals surface area (Å²) in [5.41, 5.74) is 13.3. The number of nitrogens with one attached hydrogen (secondary N) is 7. The van der Waals surface area contributed by atoms with Gasteiger partial charge in [0.15, 0.2) is 0 Å². The first-order valence-corrected chi connectivity index (χ1v) is 23.5. The van der Waals surface area contributed by atoms with E-state index in [2.05, 4.69) is 62.5 Å². The fourth-order valence-corrected chi connectivity index (χ4v) is 7.29. The molecule has 0 radical (unpaired) electrons. The van der Waals surface area contributed by atoms with Gasteiger partial charge in [-0.1, -0.05) is 86.6 Å². The van der Waals surface area contributed by atoms with Crippen molar-refractivity contribution in [2.24, 2.45) is 17.4 Å². The van der Waals surface area contributed by atoms with Crippen LogP contribution < -0.4 is 48.7 Å². The molecule has 19 nitrogen and oxygen atoms in total. The molecule has 0 fully saturated rings. The van der Waals surface area contributed by atoms with E-state index in [1.807, 2.05) is 0 Å². The molecule has 0 bridgehead atoms. The van der Waals surface area contributed by atoms with Gasteiger partial charge in [-0.15, -0.1) is 0 Å². The lowest BCUT2D eigenvalue weighted by Gasteiger charge is -2.28. The Morgan fingerprint density at radius 2 is 0.853 bits per heavy atom. The molecule has 370 valence electrons. The van der Waals surface area contributed by atoms with E-state index in [1.54, 1.807) is 74.5 Å². The maximum absolute atomic E-state index is 14.5. The molecule has 0 aliphatic carbocycles. The largest absolute Gasteiger partial charge is 0.508 e. The number of phenolic OH excluding ortho intramolecular Hbond substituents is 1. The number of benzene rings is 3. The first-order chi connectivity index (χ1) is 32.4. The van der Waals surface area contributed by atoms with E-state index in [-0.39, 0.29) is 49.5 Å². The van der Waals surface area contributed by atoms with E-state index in [0.717, 1.165) is 0 Å². The Hall–Kier alpha value is -6.16. The number of carboxylic acids is 1. The van der Waals surface area contributed by atoms with Gasteiger partial charge in [0.05, 0.1) is 6.04 Å². The van der Waals surface area contributed by atoms with Gasteiger partial charge in [-0.2, -0.15) is 25.3 Å². The molecule has 7 amide bonds. The zero-order valence-electron chi connectivity index (χ0n) is 38.4. The van der Waals surface area contributed by atoms with Crippen LogP contribution in [0.3, 0.4) is 0 Å². The van der Waals surface area contributed by atoms with Crippen LogP contribution in [0.15, 0.2) is 84.9 Å². The van der Waals surface area contributed by atoms with E-state index in [4.69, 9.17) is 11.5 Å². The van der Waals surface area contributed by atoms with Crippen molar-refractivity contribution in [2.45, 2.75) is 108 Å². The number of hydrogen-bond acceptors (Lipinski definition) is 13. The van der Waals surface area contributed by atoms with Gasteiger partial charge in [0.1, 0.15) is 48.0 Å². The zero-order valence-corrected chi connectivity index (χ0v) is 40.1. The van der Waals surface area contributed by atoms with Gasteiger partial charge >= 0.3 is 5.97 Å². The number of aromatic hydroxyl groups is 1. The summed E-state index contributed by atoms with van der Waals surface area (Å²) in [4.78, 5) is 108. The lowest BCUT2D eigenvalue weighted by molar-refractivity contribution is -0.143. The first kappa shape index (κ1) is 56.2. The summed E-state index contributed by atoms with van der Waals surface area (Å²) in [6.07, 6.45) is 0.666. The van der Waals surface area contributed by atoms with Crippen molar-refractivity contribution in [1.29, 1.82) is 0 Å². The second kappa shape index (κ2) is 28.9. The number of aliphatic carboxylic acids is 1. The molecule has 21 heteroatoms. The van der Waals surface area contributed by atoms with Crippen molar-refractivity contribution in [3.05, 3.63) is 102 Å². The van der Waals surface area contributed by atoms with Crippen molar-refractivity contribution in [3.63, 3.8) is 0 Å². The van der Waals surface area contributed by atoms with Gasteiger partial charge < -0.3 is 58.9 Å². The number of hydrogen-bond donors (Lipinski definition) is 13. The average Bonchev–Trinajstić information content (AvgIpc) is 3.31. The SMILES string of the molecule is CC(C)[C@H](NC(=O)[C@H](CS)NC(=O)[C@H](Cc1ccc(O)cc1)NC(=O)[C@H](CCCCN)NC(=O)[C@H](Cc1ccccc1)NC(=O)[C@H](Cc1ccccc1)NC(=O)[C@H](CS)NC(=O)[C@H](C)N)C(=O)O. The molecule has 0 aliphatic rings. The molecule has 0 saturated heterocycles. The Morgan fingerprint density at radius 3 is 1.24 bits per heavy atom. The highest BCUT2D eigenvalue weighted by atomic mass is 32.1. The zero-order chi connectivity index (χ0) is 50.3. The van der Waals surface area contributed by atoms with Gasteiger partial charge in [0.2, 0.25) is 41.4 Å². The maximum Gasteiger partial charge on any atom is 0.326 e. The van der Waals surface area contributed by atoms with E-state index in [9.17, 15) is 48.6 Å². The summed E-state index contributed by atoms with van der Waals surface area (Å²) in [5.74, 6) is -7.47. The maximum atomic E-state index is 14.5. The van der Waals surface area contributed by atoms with E-state index in [1.165, 1.54) is 31.2 Å². The van der Waals surface area contributed by atoms with Crippen molar-refractivity contribution >= 4 is 72.6 Å². The van der Waals surface area contributed by atoms with Crippen LogP contribution in [0.25, 0.3) is 0 Å². The summed E-state index contributed by atoms with van der Waals surface area (Å²) in [6, 6.07) is 13.5. The summed E-state index contributed by atoms with van der Waals surface area (Å²) in [7, 11) is 0. The number of carbonyl (C=O) groups is 8. The molecule has 13 N–H and O–H groups in total. The smallest absolute Gasteiger partial charge is 0.326 e. The van der Waals surface area contributed by atoms with E-state index >= 15 is 0 Å². The van der Waals surface area contributed by atoms with Crippen LogP contribution in [-0.2, 0) is 57.6 Å². The minimum atomic E-state index is -1.38. The topological polar surface area (TPSA) is 313 Å². The predicted octanol–water partition coefficient (Wildman–Crippen LogP) is -0.110. The first-order valence-electron chi connectivity index (χ1n) is 22.3. The summed E-state index contributed by atoms with van der Waals surface area (Å²) in [5, 5.41) is 38.0. The molecule has 0 spiro atoms. The molecule has 3 aromatic rings. The van der Waals surface area contributed by atoms with Crippen LogP contribution in [0.2, 0.25) is 0 Å². The van der Waals surface area contributed by atoms with Crippen LogP contribution in [0.5, 0.6) is 5.75 Å². The van der Waals surface area contributed by atoms with Crippen molar-refractivity contribution < 1.29 is 48.6 Å². The van der Waals surface area contributed by atoms with Gasteiger partial charge in [0, 0.05) is 30.8 Å². The summed E-state index contributed by atoms with van der Waals surface area (Å²) in [6.45, 7) is 4.93. The Kier molecular flexibility index (Phi) is 23.9. The molecule has 8 atom stereocenters. The van der Waals surface area contributed by atoms with Crippen LogP contribution in [0.1, 0.15) is 56.7 Å². The monoisotopic (exact) mass is 979 g/mol. The highest BCUT2D eigenvalue weighted by Gasteiger charge is 2.34. The Balaban J connectivity index is 1.97. The van der Waals surface area contributed by atoms with Crippen LogP contribution in [0.4, 0.5) is 0 Å². The quantitative estimate of drug-likeness (QED) is 0.0335. The molecule has 3 rings (SSSR count). The predicted molar refractivity (Wildman–Crippen MR) is 262 cm³/mol. The van der Waals surface area contributed by atoms with Gasteiger partial charge in [-0.3, -0.25) is 33.6 Å². The lowest BCUT2D eigenvalue weighted by atomic mass is 10.0. The standard InChI is InChI=1S/C47H65N9O10S2/c1-27(2)39(47(65)66)56-46(64)38(26-68)55-44(62)36(24-31-17-19-32(57)20-18-31)51-41(59)33(16-10-11-21-48)50-42(60)34(22-29-12-6-4-7-13-29)52-43(61)35(23-30-14-8-5-9-15-30)53-45(63)37(25-67)54-40(58)28(3)49/h4-9,12-15,17-20,27-28,33-39,57,67-68H,10-11,16,21-26,48-49H2,1-3H3,(H,50,60)(H,51,59)(H,52,61)(H,53,63)(H,54,58)(H,55,62)(H,56,64)(H,65,66)/t28-,33-,34-,35-,36-,37-,38-,39-/m0/s1. The Bertz CT molecular complexity index is 2140. The molecular weight excluding hydrogens is 915 g/mol. The molecule has 68 heavy (non-hydrogen) atoms. The van der Waals surface area contributed by atoms with E-state index in [0.29, 0.717) is 29.5 Å².